The van der Waals surface area contributed by atoms with E-state index in [-0.39, 0.29) is 5.91 Å². The molecule has 0 atom stereocenters. The second-order valence-corrected chi connectivity index (χ2v) is 6.47. The van der Waals surface area contributed by atoms with E-state index in [1.165, 1.54) is 0 Å². The minimum Gasteiger partial charge on any atom is -0.493 e. The average molecular weight is 391 g/mol. The van der Waals surface area contributed by atoms with Crippen molar-refractivity contribution in [2.75, 3.05) is 13.7 Å². The van der Waals surface area contributed by atoms with Gasteiger partial charge in [-0.25, -0.2) is 5.43 Å². The highest BCUT2D eigenvalue weighted by Crippen LogP contribution is 2.27. The topological polar surface area (TPSA) is 72.8 Å². The number of para-hydroxylation sites is 1. The molecule has 0 saturated heterocycles. The first-order valence-corrected chi connectivity index (χ1v) is 9.69. The van der Waals surface area contributed by atoms with Gasteiger partial charge in [0.2, 0.25) is 0 Å². The number of pyridine rings is 1. The molecule has 0 saturated carbocycles. The predicted molar refractivity (Wildman–Crippen MR) is 115 cm³/mol. The number of hydrogen-bond acceptors (Lipinski definition) is 5. The molecule has 0 unspecified atom stereocenters. The van der Waals surface area contributed by atoms with Crippen molar-refractivity contribution in [2.45, 2.75) is 26.7 Å². The maximum Gasteiger partial charge on any atom is 0.272 e. The fourth-order valence-electron chi connectivity index (χ4n) is 3.07. The van der Waals surface area contributed by atoms with Gasteiger partial charge in [0.15, 0.2) is 11.5 Å². The standard InChI is InChI=1S/C23H25N3O3/c1-4-8-17-14-19(18-9-6-7-10-20(18)25-17)23(27)26-24-15-16-11-12-21(29-5-2)22(13-16)28-3/h6-7,9-15H,4-5,8H2,1-3H3,(H,26,27)/b24-15-. The monoisotopic (exact) mass is 391 g/mol. The lowest BCUT2D eigenvalue weighted by molar-refractivity contribution is 0.0956. The Kier molecular flexibility index (Phi) is 6.79. The van der Waals surface area contributed by atoms with Crippen molar-refractivity contribution in [3.05, 3.63) is 65.4 Å². The number of amides is 1. The molecule has 2 aromatic carbocycles. The number of methoxy groups -OCH3 is 1. The van der Waals surface area contributed by atoms with Crippen LogP contribution < -0.4 is 14.9 Å². The minimum absolute atomic E-state index is 0.268. The van der Waals surface area contributed by atoms with E-state index in [0.717, 1.165) is 35.0 Å². The minimum atomic E-state index is -0.268. The molecule has 0 aliphatic heterocycles. The Morgan fingerprint density at radius 2 is 1.97 bits per heavy atom. The zero-order valence-corrected chi connectivity index (χ0v) is 16.9. The third-order valence-electron chi connectivity index (χ3n) is 4.39. The molecule has 29 heavy (non-hydrogen) atoms. The maximum absolute atomic E-state index is 12.8. The number of ether oxygens (including phenoxy) is 2. The van der Waals surface area contributed by atoms with Gasteiger partial charge < -0.3 is 9.47 Å². The first-order valence-electron chi connectivity index (χ1n) is 9.69. The number of aryl methyl sites for hydroxylation is 1. The van der Waals surface area contributed by atoms with E-state index in [9.17, 15) is 4.79 Å². The highest BCUT2D eigenvalue weighted by Gasteiger charge is 2.12. The average Bonchev–Trinajstić information content (AvgIpc) is 2.74. The predicted octanol–water partition coefficient (Wildman–Crippen LogP) is 4.36. The Labute approximate surface area is 170 Å². The molecule has 150 valence electrons. The Balaban J connectivity index is 1.80. The van der Waals surface area contributed by atoms with Crippen molar-refractivity contribution in [3.8, 4) is 11.5 Å². The molecule has 6 heteroatoms. The third kappa shape index (κ3) is 4.90. The van der Waals surface area contributed by atoms with Crippen molar-refractivity contribution >= 4 is 23.0 Å². The number of nitrogens with zero attached hydrogens (tertiary/aromatic N) is 2. The molecule has 3 aromatic rings. The Morgan fingerprint density at radius 1 is 1.14 bits per heavy atom. The number of carbonyl (C=O) groups is 1. The summed E-state index contributed by atoms with van der Waals surface area (Å²) in [6.07, 6.45) is 3.36. The Morgan fingerprint density at radius 3 is 2.72 bits per heavy atom. The smallest absolute Gasteiger partial charge is 0.272 e. The van der Waals surface area contributed by atoms with Crippen molar-refractivity contribution in [2.24, 2.45) is 5.10 Å². The van der Waals surface area contributed by atoms with Gasteiger partial charge in [-0.15, -0.1) is 0 Å². The molecule has 0 aliphatic rings. The fraction of sp³-hybridized carbons (Fsp3) is 0.261. The quantitative estimate of drug-likeness (QED) is 0.457. The lowest BCUT2D eigenvalue weighted by atomic mass is 10.1. The first-order chi connectivity index (χ1) is 14.2. The zero-order valence-electron chi connectivity index (χ0n) is 16.9. The summed E-state index contributed by atoms with van der Waals surface area (Å²) in [6.45, 7) is 4.56. The van der Waals surface area contributed by atoms with Crippen LogP contribution >= 0.6 is 0 Å². The number of aromatic nitrogens is 1. The number of rotatable bonds is 8. The van der Waals surface area contributed by atoms with E-state index in [2.05, 4.69) is 22.4 Å². The maximum atomic E-state index is 12.8. The summed E-state index contributed by atoms with van der Waals surface area (Å²) in [5.41, 5.74) is 5.68. The number of hydrogen-bond donors (Lipinski definition) is 1. The van der Waals surface area contributed by atoms with Gasteiger partial charge in [-0.3, -0.25) is 9.78 Å². The summed E-state index contributed by atoms with van der Waals surface area (Å²) in [5.74, 6) is 1.02. The molecule has 0 radical (unpaired) electrons. The molecule has 1 heterocycles. The SMILES string of the molecule is CCCc1cc(C(=O)N/N=C\c2ccc(OCC)c(OC)c2)c2ccccc2n1. The normalized spacial score (nSPS) is 11.0. The largest absolute Gasteiger partial charge is 0.493 e. The Bertz CT molecular complexity index is 1030. The van der Waals surface area contributed by atoms with Crippen LogP contribution in [0.3, 0.4) is 0 Å². The van der Waals surface area contributed by atoms with Gasteiger partial charge in [0, 0.05) is 11.1 Å². The van der Waals surface area contributed by atoms with E-state index in [1.54, 1.807) is 13.3 Å². The van der Waals surface area contributed by atoms with Crippen molar-refractivity contribution < 1.29 is 14.3 Å². The van der Waals surface area contributed by atoms with E-state index < -0.39 is 0 Å². The first kappa shape index (κ1) is 20.3. The molecule has 0 bridgehead atoms. The van der Waals surface area contributed by atoms with Gasteiger partial charge in [-0.05, 0) is 49.2 Å². The molecule has 0 fully saturated rings. The highest BCUT2D eigenvalue weighted by molar-refractivity contribution is 6.06. The van der Waals surface area contributed by atoms with Gasteiger partial charge in [-0.2, -0.15) is 5.10 Å². The molecule has 3 rings (SSSR count). The van der Waals surface area contributed by atoms with E-state index in [0.29, 0.717) is 23.7 Å². The molecule has 0 aliphatic carbocycles. The van der Waals surface area contributed by atoms with Crippen LogP contribution in [-0.2, 0) is 6.42 Å². The molecule has 6 nitrogen and oxygen atoms in total. The van der Waals surface area contributed by atoms with Crippen molar-refractivity contribution in [3.63, 3.8) is 0 Å². The van der Waals surface area contributed by atoms with Crippen LogP contribution in [0.4, 0.5) is 0 Å². The molecule has 1 aromatic heterocycles. The van der Waals surface area contributed by atoms with E-state index >= 15 is 0 Å². The molecule has 0 spiro atoms. The molecular weight excluding hydrogens is 366 g/mol. The van der Waals surface area contributed by atoms with Crippen LogP contribution in [0.1, 0.15) is 41.9 Å². The number of hydrazone groups is 1. The second kappa shape index (κ2) is 9.68. The van der Waals surface area contributed by atoms with E-state index in [4.69, 9.17) is 9.47 Å². The van der Waals surface area contributed by atoms with Crippen molar-refractivity contribution in [1.29, 1.82) is 0 Å². The summed E-state index contributed by atoms with van der Waals surface area (Å²) < 4.78 is 10.8. The lowest BCUT2D eigenvalue weighted by Gasteiger charge is -2.09. The van der Waals surface area contributed by atoms with Crippen LogP contribution in [0.25, 0.3) is 10.9 Å². The number of fused-ring (bicyclic) bond motifs is 1. The van der Waals surface area contributed by atoms with Gasteiger partial charge in [0.1, 0.15) is 0 Å². The Hall–Kier alpha value is -3.41. The molecule has 1 amide bonds. The summed E-state index contributed by atoms with van der Waals surface area (Å²) in [6, 6.07) is 15.0. The zero-order chi connectivity index (χ0) is 20.6. The number of nitrogens with one attached hydrogen (secondary N) is 1. The van der Waals surface area contributed by atoms with Gasteiger partial charge in [0.05, 0.1) is 31.0 Å². The second-order valence-electron chi connectivity index (χ2n) is 6.47. The number of carbonyl (C=O) groups excluding carboxylic acids is 1. The van der Waals surface area contributed by atoms with Crippen LogP contribution in [0.2, 0.25) is 0 Å². The van der Waals surface area contributed by atoms with E-state index in [1.807, 2.05) is 55.5 Å². The fourth-order valence-corrected chi connectivity index (χ4v) is 3.07. The number of benzene rings is 2. The summed E-state index contributed by atoms with van der Waals surface area (Å²) in [5, 5.41) is 4.92. The van der Waals surface area contributed by atoms with Crippen LogP contribution in [0.15, 0.2) is 53.6 Å². The van der Waals surface area contributed by atoms with Crippen LogP contribution in [0.5, 0.6) is 11.5 Å². The highest BCUT2D eigenvalue weighted by atomic mass is 16.5. The van der Waals surface area contributed by atoms with Gasteiger partial charge in [-0.1, -0.05) is 31.5 Å². The summed E-state index contributed by atoms with van der Waals surface area (Å²) in [7, 11) is 1.59. The van der Waals surface area contributed by atoms with Gasteiger partial charge >= 0.3 is 0 Å². The lowest BCUT2D eigenvalue weighted by Crippen LogP contribution is -2.18. The summed E-state index contributed by atoms with van der Waals surface area (Å²) >= 11 is 0. The van der Waals surface area contributed by atoms with Crippen LogP contribution in [-0.4, -0.2) is 30.8 Å². The van der Waals surface area contributed by atoms with Crippen LogP contribution in [0, 0.1) is 0 Å². The summed E-state index contributed by atoms with van der Waals surface area (Å²) in [4.78, 5) is 17.4. The third-order valence-corrected chi connectivity index (χ3v) is 4.39. The van der Waals surface area contributed by atoms with Crippen molar-refractivity contribution in [1.82, 2.24) is 10.4 Å². The molecule has 1 N–H and O–H groups in total. The van der Waals surface area contributed by atoms with Gasteiger partial charge in [0.25, 0.3) is 5.91 Å². The molecular formula is C23H25N3O3.